The summed E-state index contributed by atoms with van der Waals surface area (Å²) in [4.78, 5) is 28.4. The first-order valence-electron chi connectivity index (χ1n) is 10.9. The van der Waals surface area contributed by atoms with Crippen LogP contribution in [-0.2, 0) is 0 Å². The molecule has 5 rings (SSSR count). The molecule has 0 aliphatic heterocycles. The largest absolute Gasteiger partial charge is 0.328 e. The van der Waals surface area contributed by atoms with Gasteiger partial charge in [0.15, 0.2) is 5.82 Å². The highest BCUT2D eigenvalue weighted by atomic mass is 19.1. The Hall–Kier alpha value is -3.94. The number of benzene rings is 2. The number of carbonyl (C=O) groups excluding carboxylic acids is 1. The summed E-state index contributed by atoms with van der Waals surface area (Å²) in [5.74, 6) is 1.18. The van der Waals surface area contributed by atoms with Gasteiger partial charge in [0.25, 0.3) is 11.9 Å². The van der Waals surface area contributed by atoms with Gasteiger partial charge in [-0.1, -0.05) is 24.3 Å². The highest BCUT2D eigenvalue weighted by Crippen LogP contribution is 2.33. The SMILES string of the molecule is CC(c1ncnn1-c1ncccn1)N(CC1CC1)C(=O)c1ccc(-c2ccc(F)cc2)cc1. The van der Waals surface area contributed by atoms with Crippen molar-refractivity contribution in [2.75, 3.05) is 6.54 Å². The average Bonchev–Trinajstić information content (AvgIpc) is 3.55. The van der Waals surface area contributed by atoms with Crippen LogP contribution in [0.4, 0.5) is 4.39 Å². The lowest BCUT2D eigenvalue weighted by Crippen LogP contribution is -2.36. The van der Waals surface area contributed by atoms with Crippen molar-refractivity contribution >= 4 is 5.91 Å². The highest BCUT2D eigenvalue weighted by molar-refractivity contribution is 5.95. The first-order valence-corrected chi connectivity index (χ1v) is 10.9. The normalized spacial score (nSPS) is 14.1. The molecule has 0 saturated heterocycles. The second-order valence-corrected chi connectivity index (χ2v) is 8.24. The maximum Gasteiger partial charge on any atom is 0.254 e. The summed E-state index contributed by atoms with van der Waals surface area (Å²) in [6.45, 7) is 2.61. The minimum absolute atomic E-state index is 0.0661. The van der Waals surface area contributed by atoms with Gasteiger partial charge < -0.3 is 4.90 Å². The number of carbonyl (C=O) groups is 1. The van der Waals surface area contributed by atoms with E-state index < -0.39 is 0 Å². The molecule has 2 aromatic carbocycles. The molecule has 0 bridgehead atoms. The van der Waals surface area contributed by atoms with Crippen LogP contribution in [0.25, 0.3) is 17.1 Å². The Balaban J connectivity index is 1.42. The Labute approximate surface area is 191 Å². The summed E-state index contributed by atoms with van der Waals surface area (Å²) >= 11 is 0. The first-order chi connectivity index (χ1) is 16.1. The monoisotopic (exact) mass is 442 g/mol. The number of hydrogen-bond donors (Lipinski definition) is 0. The van der Waals surface area contributed by atoms with Crippen LogP contribution in [0.15, 0.2) is 73.3 Å². The zero-order chi connectivity index (χ0) is 22.8. The lowest BCUT2D eigenvalue weighted by atomic mass is 10.0. The van der Waals surface area contributed by atoms with E-state index >= 15 is 0 Å². The van der Waals surface area contributed by atoms with Crippen molar-refractivity contribution in [3.8, 4) is 17.1 Å². The molecular formula is C25H23FN6O. The summed E-state index contributed by atoms with van der Waals surface area (Å²) < 4.78 is 14.8. The van der Waals surface area contributed by atoms with Gasteiger partial charge in [0.1, 0.15) is 12.1 Å². The van der Waals surface area contributed by atoms with Crippen LogP contribution in [0.2, 0.25) is 0 Å². The number of rotatable bonds is 7. The van der Waals surface area contributed by atoms with E-state index in [0.29, 0.717) is 29.8 Å². The van der Waals surface area contributed by atoms with Crippen molar-refractivity contribution in [3.05, 3.63) is 90.5 Å². The van der Waals surface area contributed by atoms with Crippen molar-refractivity contribution in [1.29, 1.82) is 0 Å². The smallest absolute Gasteiger partial charge is 0.254 e. The van der Waals surface area contributed by atoms with Gasteiger partial charge in [-0.25, -0.2) is 19.3 Å². The predicted octanol–water partition coefficient (Wildman–Crippen LogP) is 4.48. The van der Waals surface area contributed by atoms with Gasteiger partial charge in [0.05, 0.1) is 6.04 Å². The van der Waals surface area contributed by atoms with E-state index in [1.54, 1.807) is 35.3 Å². The van der Waals surface area contributed by atoms with Crippen molar-refractivity contribution in [2.45, 2.75) is 25.8 Å². The van der Waals surface area contributed by atoms with Crippen LogP contribution >= 0.6 is 0 Å². The Morgan fingerprint density at radius 2 is 1.67 bits per heavy atom. The number of nitrogens with zero attached hydrogens (tertiary/aromatic N) is 6. The van der Waals surface area contributed by atoms with Crippen LogP contribution in [0.1, 0.15) is 42.0 Å². The standard InChI is InChI=1S/C25H23FN6O/c1-17(23-29-16-30-32(23)25-27-13-2-14-28-25)31(15-18-3-4-18)24(33)21-7-5-19(6-8-21)20-9-11-22(26)12-10-20/h2,5-14,16-18H,3-4,15H2,1H3. The number of amides is 1. The molecule has 33 heavy (non-hydrogen) atoms. The van der Waals surface area contributed by atoms with E-state index in [2.05, 4.69) is 20.1 Å². The molecule has 0 N–H and O–H groups in total. The Kier molecular flexibility index (Phi) is 5.64. The van der Waals surface area contributed by atoms with Gasteiger partial charge in [0, 0.05) is 24.5 Å². The van der Waals surface area contributed by atoms with Gasteiger partial charge in [-0.05, 0) is 67.1 Å². The summed E-state index contributed by atoms with van der Waals surface area (Å²) in [5, 5.41) is 4.28. The maximum atomic E-state index is 13.6. The molecule has 1 saturated carbocycles. The molecule has 0 spiro atoms. The lowest BCUT2D eigenvalue weighted by molar-refractivity contribution is 0.0670. The molecule has 1 fully saturated rings. The molecule has 8 heteroatoms. The summed E-state index contributed by atoms with van der Waals surface area (Å²) in [6.07, 6.45) is 6.99. The minimum atomic E-state index is -0.318. The molecular weight excluding hydrogens is 419 g/mol. The molecule has 1 atom stereocenters. The van der Waals surface area contributed by atoms with Crippen molar-refractivity contribution < 1.29 is 9.18 Å². The van der Waals surface area contributed by atoms with Crippen LogP contribution in [0, 0.1) is 11.7 Å². The predicted molar refractivity (Wildman–Crippen MR) is 121 cm³/mol. The molecule has 0 radical (unpaired) electrons. The van der Waals surface area contributed by atoms with Crippen molar-refractivity contribution in [2.24, 2.45) is 5.92 Å². The summed E-state index contributed by atoms with van der Waals surface area (Å²) in [7, 11) is 0. The second kappa shape index (κ2) is 8.90. The van der Waals surface area contributed by atoms with Crippen LogP contribution < -0.4 is 0 Å². The van der Waals surface area contributed by atoms with Crippen molar-refractivity contribution in [3.63, 3.8) is 0 Å². The van der Waals surface area contributed by atoms with E-state index in [0.717, 1.165) is 24.0 Å². The van der Waals surface area contributed by atoms with Gasteiger partial charge in [-0.2, -0.15) is 9.78 Å². The van der Waals surface area contributed by atoms with E-state index in [9.17, 15) is 9.18 Å². The second-order valence-electron chi connectivity index (χ2n) is 8.24. The van der Waals surface area contributed by atoms with Crippen LogP contribution in [-0.4, -0.2) is 42.1 Å². The van der Waals surface area contributed by atoms with E-state index in [1.807, 2.05) is 36.1 Å². The topological polar surface area (TPSA) is 76.8 Å². The zero-order valence-corrected chi connectivity index (χ0v) is 18.2. The third-order valence-electron chi connectivity index (χ3n) is 5.88. The first kappa shape index (κ1) is 20.9. The molecule has 1 aliphatic carbocycles. The Morgan fingerprint density at radius 1 is 1.03 bits per heavy atom. The maximum absolute atomic E-state index is 13.6. The third-order valence-corrected chi connectivity index (χ3v) is 5.88. The van der Waals surface area contributed by atoms with E-state index in [4.69, 9.17) is 0 Å². The molecule has 2 aromatic heterocycles. The van der Waals surface area contributed by atoms with Gasteiger partial charge in [-0.3, -0.25) is 4.79 Å². The molecule has 1 amide bonds. The molecule has 7 nitrogen and oxygen atoms in total. The van der Waals surface area contributed by atoms with Crippen LogP contribution in [0.5, 0.6) is 0 Å². The highest BCUT2D eigenvalue weighted by Gasteiger charge is 2.33. The van der Waals surface area contributed by atoms with Gasteiger partial charge >= 0.3 is 0 Å². The number of halogens is 1. The fourth-order valence-corrected chi connectivity index (χ4v) is 3.84. The Bertz CT molecular complexity index is 1240. The molecule has 2 heterocycles. The summed E-state index contributed by atoms with van der Waals surface area (Å²) in [5.41, 5.74) is 2.42. The van der Waals surface area contributed by atoms with E-state index in [1.165, 1.54) is 18.5 Å². The zero-order valence-electron chi connectivity index (χ0n) is 18.2. The summed E-state index contributed by atoms with van der Waals surface area (Å²) in [6, 6.07) is 15.2. The number of aromatic nitrogens is 5. The molecule has 166 valence electrons. The number of hydrogen-bond acceptors (Lipinski definition) is 5. The fraction of sp³-hybridized carbons (Fsp3) is 0.240. The lowest BCUT2D eigenvalue weighted by Gasteiger charge is -2.29. The van der Waals surface area contributed by atoms with Gasteiger partial charge in [0.2, 0.25) is 0 Å². The van der Waals surface area contributed by atoms with Crippen LogP contribution in [0.3, 0.4) is 0 Å². The van der Waals surface area contributed by atoms with E-state index in [-0.39, 0.29) is 17.8 Å². The quantitative estimate of drug-likeness (QED) is 0.422. The van der Waals surface area contributed by atoms with Gasteiger partial charge in [-0.15, -0.1) is 0 Å². The average molecular weight is 442 g/mol. The molecule has 1 unspecified atom stereocenters. The van der Waals surface area contributed by atoms with Crippen molar-refractivity contribution in [1.82, 2.24) is 29.6 Å². The fourth-order valence-electron chi connectivity index (χ4n) is 3.84. The minimum Gasteiger partial charge on any atom is -0.328 e. The third kappa shape index (κ3) is 4.50. The molecule has 4 aromatic rings. The Morgan fingerprint density at radius 3 is 2.30 bits per heavy atom. The molecule has 1 aliphatic rings.